The Bertz CT molecular complexity index is 822. The van der Waals surface area contributed by atoms with Crippen LogP contribution in [0.2, 0.25) is 0 Å². The van der Waals surface area contributed by atoms with Gasteiger partial charge < -0.3 is 15.4 Å². The van der Waals surface area contributed by atoms with Gasteiger partial charge in [-0.15, -0.1) is 0 Å². The lowest BCUT2D eigenvalue weighted by Gasteiger charge is -2.41. The SMILES string of the molecule is CC(=O)Nc1ccc2c(c1)N1C(=O)NCC1(c1ccccc1)CO2. The third-order valence-corrected chi connectivity index (χ3v) is 4.46. The molecule has 1 fully saturated rings. The molecule has 1 saturated heterocycles. The van der Waals surface area contributed by atoms with Gasteiger partial charge in [0.2, 0.25) is 5.91 Å². The van der Waals surface area contributed by atoms with E-state index >= 15 is 0 Å². The molecule has 0 saturated carbocycles. The van der Waals surface area contributed by atoms with E-state index in [1.54, 1.807) is 23.1 Å². The number of nitrogens with zero attached hydrogens (tertiary/aromatic N) is 1. The minimum Gasteiger partial charge on any atom is -0.488 e. The first-order valence-corrected chi connectivity index (χ1v) is 7.78. The standard InChI is InChI=1S/C18H17N3O3/c1-12(22)20-14-7-8-16-15(9-14)21-17(23)19-10-18(21,11-24-16)13-5-3-2-4-6-13/h2-9H,10-11H2,1H3,(H,19,23)(H,20,22). The van der Waals surface area contributed by atoms with Crippen molar-refractivity contribution >= 4 is 23.3 Å². The number of ether oxygens (including phenoxy) is 1. The van der Waals surface area contributed by atoms with Gasteiger partial charge in [-0.05, 0) is 23.8 Å². The van der Waals surface area contributed by atoms with Crippen LogP contribution in [0.3, 0.4) is 0 Å². The fraction of sp³-hybridized carbons (Fsp3) is 0.222. The molecule has 2 aromatic rings. The number of hydrogen-bond acceptors (Lipinski definition) is 3. The molecular formula is C18H17N3O3. The maximum absolute atomic E-state index is 12.6. The average molecular weight is 323 g/mol. The first-order valence-electron chi connectivity index (χ1n) is 7.78. The van der Waals surface area contributed by atoms with Crippen molar-refractivity contribution in [2.45, 2.75) is 12.5 Å². The lowest BCUT2D eigenvalue weighted by atomic mass is 9.88. The summed E-state index contributed by atoms with van der Waals surface area (Å²) < 4.78 is 5.96. The maximum Gasteiger partial charge on any atom is 0.323 e. The zero-order valence-electron chi connectivity index (χ0n) is 13.2. The van der Waals surface area contributed by atoms with Crippen molar-refractivity contribution in [3.8, 4) is 5.75 Å². The van der Waals surface area contributed by atoms with E-state index in [9.17, 15) is 9.59 Å². The molecular weight excluding hydrogens is 306 g/mol. The number of nitrogens with one attached hydrogen (secondary N) is 2. The molecule has 2 aliphatic rings. The fourth-order valence-corrected chi connectivity index (χ4v) is 3.39. The highest BCUT2D eigenvalue weighted by Gasteiger charge is 2.51. The third-order valence-electron chi connectivity index (χ3n) is 4.46. The Morgan fingerprint density at radius 3 is 2.79 bits per heavy atom. The van der Waals surface area contributed by atoms with Crippen LogP contribution in [0.15, 0.2) is 48.5 Å². The highest BCUT2D eigenvalue weighted by atomic mass is 16.5. The number of anilines is 2. The molecule has 3 amide bonds. The highest BCUT2D eigenvalue weighted by molar-refractivity contribution is 6.00. The number of amides is 3. The maximum atomic E-state index is 12.6. The Kier molecular flexibility index (Phi) is 3.19. The van der Waals surface area contributed by atoms with Gasteiger partial charge in [0.1, 0.15) is 17.9 Å². The Hall–Kier alpha value is -3.02. The Morgan fingerprint density at radius 2 is 2.04 bits per heavy atom. The first kappa shape index (κ1) is 14.6. The van der Waals surface area contributed by atoms with E-state index in [4.69, 9.17) is 4.74 Å². The summed E-state index contributed by atoms with van der Waals surface area (Å²) in [5, 5.41) is 5.67. The number of benzene rings is 2. The minimum absolute atomic E-state index is 0.160. The van der Waals surface area contributed by atoms with Crippen molar-refractivity contribution in [2.75, 3.05) is 23.4 Å². The molecule has 6 nitrogen and oxygen atoms in total. The summed E-state index contributed by atoms with van der Waals surface area (Å²) in [6, 6.07) is 15.0. The Morgan fingerprint density at radius 1 is 1.25 bits per heavy atom. The molecule has 6 heteroatoms. The normalized spacial score (nSPS) is 21.4. The lowest BCUT2D eigenvalue weighted by Crippen LogP contribution is -2.52. The van der Waals surface area contributed by atoms with Crippen LogP contribution < -0.4 is 20.3 Å². The van der Waals surface area contributed by atoms with E-state index in [1.807, 2.05) is 30.3 Å². The van der Waals surface area contributed by atoms with Crippen LogP contribution in [0.5, 0.6) is 5.75 Å². The molecule has 2 aromatic carbocycles. The largest absolute Gasteiger partial charge is 0.488 e. The van der Waals surface area contributed by atoms with E-state index in [2.05, 4.69) is 10.6 Å². The van der Waals surface area contributed by atoms with Gasteiger partial charge in [0.15, 0.2) is 0 Å². The van der Waals surface area contributed by atoms with E-state index in [0.29, 0.717) is 30.3 Å². The summed E-state index contributed by atoms with van der Waals surface area (Å²) >= 11 is 0. The van der Waals surface area contributed by atoms with Crippen molar-refractivity contribution in [1.82, 2.24) is 5.32 Å². The summed E-state index contributed by atoms with van der Waals surface area (Å²) in [5.41, 5.74) is 1.72. The van der Waals surface area contributed by atoms with Crippen LogP contribution >= 0.6 is 0 Å². The average Bonchev–Trinajstić information content (AvgIpc) is 2.94. The van der Waals surface area contributed by atoms with Gasteiger partial charge in [-0.3, -0.25) is 9.69 Å². The van der Waals surface area contributed by atoms with Gasteiger partial charge in [-0.25, -0.2) is 4.79 Å². The molecule has 1 unspecified atom stereocenters. The quantitative estimate of drug-likeness (QED) is 0.892. The molecule has 2 N–H and O–H groups in total. The minimum atomic E-state index is -0.583. The van der Waals surface area contributed by atoms with Gasteiger partial charge >= 0.3 is 6.03 Å². The predicted molar refractivity (Wildman–Crippen MR) is 90.2 cm³/mol. The molecule has 4 rings (SSSR count). The van der Waals surface area contributed by atoms with Gasteiger partial charge in [-0.2, -0.15) is 0 Å². The second-order valence-electron chi connectivity index (χ2n) is 6.04. The van der Waals surface area contributed by atoms with Crippen LogP contribution in [0.4, 0.5) is 16.2 Å². The topological polar surface area (TPSA) is 70.7 Å². The van der Waals surface area contributed by atoms with E-state index < -0.39 is 5.54 Å². The zero-order chi connectivity index (χ0) is 16.7. The number of urea groups is 1. The monoisotopic (exact) mass is 323 g/mol. The second kappa shape index (κ2) is 5.26. The van der Waals surface area contributed by atoms with Crippen LogP contribution in [-0.2, 0) is 10.3 Å². The smallest absolute Gasteiger partial charge is 0.323 e. The van der Waals surface area contributed by atoms with Gasteiger partial charge in [-0.1, -0.05) is 30.3 Å². The molecule has 122 valence electrons. The van der Waals surface area contributed by atoms with Crippen molar-refractivity contribution in [3.63, 3.8) is 0 Å². The van der Waals surface area contributed by atoms with Crippen LogP contribution in [0.25, 0.3) is 0 Å². The van der Waals surface area contributed by atoms with Crippen molar-refractivity contribution in [1.29, 1.82) is 0 Å². The van der Waals surface area contributed by atoms with Crippen LogP contribution in [0, 0.1) is 0 Å². The van der Waals surface area contributed by atoms with E-state index in [0.717, 1.165) is 5.56 Å². The summed E-state index contributed by atoms with van der Waals surface area (Å²) in [7, 11) is 0. The van der Waals surface area contributed by atoms with E-state index in [1.165, 1.54) is 6.92 Å². The predicted octanol–water partition coefficient (Wildman–Crippen LogP) is 2.46. The number of carbonyl (C=O) groups is 2. The third kappa shape index (κ3) is 2.11. The number of hydrogen-bond donors (Lipinski definition) is 2. The lowest BCUT2D eigenvalue weighted by molar-refractivity contribution is -0.114. The molecule has 0 bridgehead atoms. The van der Waals surface area contributed by atoms with Gasteiger partial charge in [0.25, 0.3) is 0 Å². The van der Waals surface area contributed by atoms with Gasteiger partial charge in [0, 0.05) is 12.6 Å². The summed E-state index contributed by atoms with van der Waals surface area (Å²) in [6.07, 6.45) is 0. The van der Waals surface area contributed by atoms with Crippen molar-refractivity contribution in [3.05, 3.63) is 54.1 Å². The molecule has 0 spiro atoms. The van der Waals surface area contributed by atoms with Crippen molar-refractivity contribution in [2.24, 2.45) is 0 Å². The summed E-state index contributed by atoms with van der Waals surface area (Å²) in [4.78, 5) is 25.6. The molecule has 0 aliphatic carbocycles. The molecule has 24 heavy (non-hydrogen) atoms. The van der Waals surface area contributed by atoms with Crippen molar-refractivity contribution < 1.29 is 14.3 Å². The molecule has 0 radical (unpaired) electrons. The molecule has 2 heterocycles. The fourth-order valence-electron chi connectivity index (χ4n) is 3.39. The Labute approximate surface area is 139 Å². The summed E-state index contributed by atoms with van der Waals surface area (Å²) in [5.74, 6) is 0.472. The first-order chi connectivity index (χ1) is 11.6. The number of fused-ring (bicyclic) bond motifs is 3. The molecule has 2 aliphatic heterocycles. The summed E-state index contributed by atoms with van der Waals surface area (Å²) in [6.45, 7) is 2.30. The number of rotatable bonds is 2. The number of carbonyl (C=O) groups excluding carboxylic acids is 2. The van der Waals surface area contributed by atoms with Gasteiger partial charge in [0.05, 0.1) is 12.2 Å². The van der Waals surface area contributed by atoms with Crippen LogP contribution in [-0.4, -0.2) is 25.1 Å². The second-order valence-corrected chi connectivity index (χ2v) is 6.04. The zero-order valence-corrected chi connectivity index (χ0v) is 13.2. The molecule has 1 atom stereocenters. The Balaban J connectivity index is 1.84. The van der Waals surface area contributed by atoms with Crippen LogP contribution in [0.1, 0.15) is 12.5 Å². The van der Waals surface area contributed by atoms with E-state index in [-0.39, 0.29) is 11.9 Å². The highest BCUT2D eigenvalue weighted by Crippen LogP contribution is 2.46. The molecule has 0 aromatic heterocycles.